The van der Waals surface area contributed by atoms with Crippen molar-refractivity contribution < 1.29 is 28.9 Å². The van der Waals surface area contributed by atoms with Crippen LogP contribution in [0.4, 0.5) is 4.79 Å². The molecule has 1 amide bonds. The summed E-state index contributed by atoms with van der Waals surface area (Å²) in [5, 5.41) is 9.45. The molecule has 0 unspecified atom stereocenters. The number of aliphatic carboxylic acids is 1. The van der Waals surface area contributed by atoms with Gasteiger partial charge in [-0.1, -0.05) is 30.3 Å². The van der Waals surface area contributed by atoms with Crippen LogP contribution in [0.5, 0.6) is 0 Å². The molecule has 2 heterocycles. The summed E-state index contributed by atoms with van der Waals surface area (Å²) >= 11 is 0. The summed E-state index contributed by atoms with van der Waals surface area (Å²) in [6.45, 7) is 3.67. The minimum atomic E-state index is -1.13. The van der Waals surface area contributed by atoms with Crippen LogP contribution >= 0.6 is 0 Å². The molecule has 1 aromatic rings. The van der Waals surface area contributed by atoms with E-state index in [4.69, 9.17) is 14.2 Å². The number of carboxylic acid groups (broad SMARTS) is 1. The first-order valence-corrected chi connectivity index (χ1v) is 7.43. The monoisotopic (exact) mass is 321 g/mol. The number of fused-ring (bicyclic) bond motifs is 1. The van der Waals surface area contributed by atoms with Crippen molar-refractivity contribution in [2.24, 2.45) is 0 Å². The van der Waals surface area contributed by atoms with Gasteiger partial charge in [-0.05, 0) is 19.4 Å². The van der Waals surface area contributed by atoms with Crippen LogP contribution in [0.15, 0.2) is 30.3 Å². The van der Waals surface area contributed by atoms with E-state index in [0.717, 1.165) is 10.5 Å². The molecule has 0 radical (unpaired) electrons. The van der Waals surface area contributed by atoms with E-state index in [1.165, 1.54) is 0 Å². The van der Waals surface area contributed by atoms with Crippen LogP contribution in [0.2, 0.25) is 0 Å². The lowest BCUT2D eigenvalue weighted by molar-refractivity contribution is -0.168. The van der Waals surface area contributed by atoms with Crippen molar-refractivity contribution >= 4 is 12.1 Å². The Bertz CT molecular complexity index is 602. The fraction of sp³-hybridized carbons (Fsp3) is 0.500. The van der Waals surface area contributed by atoms with Crippen molar-refractivity contribution in [3.8, 4) is 0 Å². The predicted octanol–water partition coefficient (Wildman–Crippen LogP) is 1.61. The largest absolute Gasteiger partial charge is 0.480 e. The van der Waals surface area contributed by atoms with Crippen molar-refractivity contribution in [2.45, 2.75) is 44.5 Å². The van der Waals surface area contributed by atoms with E-state index >= 15 is 0 Å². The zero-order valence-corrected chi connectivity index (χ0v) is 13.0. The lowest BCUT2D eigenvalue weighted by Crippen LogP contribution is -2.47. The van der Waals surface area contributed by atoms with Gasteiger partial charge >= 0.3 is 12.1 Å². The van der Waals surface area contributed by atoms with Crippen LogP contribution in [0, 0.1) is 0 Å². The number of rotatable bonds is 3. The van der Waals surface area contributed by atoms with Gasteiger partial charge in [-0.15, -0.1) is 0 Å². The summed E-state index contributed by atoms with van der Waals surface area (Å²) in [6.07, 6.45) is -1.83. The van der Waals surface area contributed by atoms with Gasteiger partial charge in [0.25, 0.3) is 0 Å². The molecule has 3 atom stereocenters. The zero-order valence-electron chi connectivity index (χ0n) is 13.0. The molecule has 23 heavy (non-hydrogen) atoms. The van der Waals surface area contributed by atoms with Gasteiger partial charge in [-0.3, -0.25) is 4.90 Å². The number of ether oxygens (including phenoxy) is 3. The van der Waals surface area contributed by atoms with Crippen molar-refractivity contribution in [3.05, 3.63) is 35.9 Å². The zero-order chi connectivity index (χ0) is 16.6. The highest BCUT2D eigenvalue weighted by molar-refractivity contribution is 5.82. The molecule has 0 spiro atoms. The van der Waals surface area contributed by atoms with E-state index < -0.39 is 36.1 Å². The SMILES string of the molecule is CC1(C)O[C@@H]2[C@@H](CN(C(=O)OCc3ccccc3)[C@H]2C(=O)O)O1. The third-order valence-corrected chi connectivity index (χ3v) is 3.94. The summed E-state index contributed by atoms with van der Waals surface area (Å²) in [5.41, 5.74) is 0.834. The molecule has 1 aromatic carbocycles. The van der Waals surface area contributed by atoms with Crippen LogP contribution in [-0.2, 0) is 25.6 Å². The molecule has 2 fully saturated rings. The minimum Gasteiger partial charge on any atom is -0.480 e. The van der Waals surface area contributed by atoms with Crippen LogP contribution in [0.25, 0.3) is 0 Å². The normalized spacial score (nSPS) is 28.4. The number of likely N-dealkylation sites (tertiary alicyclic amines) is 1. The van der Waals surface area contributed by atoms with Gasteiger partial charge in [-0.25, -0.2) is 9.59 Å². The third kappa shape index (κ3) is 3.16. The predicted molar refractivity (Wildman–Crippen MR) is 78.6 cm³/mol. The molecule has 0 aliphatic carbocycles. The van der Waals surface area contributed by atoms with E-state index in [2.05, 4.69) is 0 Å². The smallest absolute Gasteiger partial charge is 0.411 e. The van der Waals surface area contributed by atoms with Crippen LogP contribution < -0.4 is 0 Å². The summed E-state index contributed by atoms with van der Waals surface area (Å²) in [6, 6.07) is 8.10. The van der Waals surface area contributed by atoms with Gasteiger partial charge in [0, 0.05) is 0 Å². The van der Waals surface area contributed by atoms with Crippen molar-refractivity contribution in [1.29, 1.82) is 0 Å². The summed E-state index contributed by atoms with van der Waals surface area (Å²) in [5.74, 6) is -1.97. The van der Waals surface area contributed by atoms with Gasteiger partial charge in [-0.2, -0.15) is 0 Å². The Labute approximate surface area is 133 Å². The summed E-state index contributed by atoms with van der Waals surface area (Å²) in [4.78, 5) is 25.0. The Morgan fingerprint density at radius 3 is 2.65 bits per heavy atom. The quantitative estimate of drug-likeness (QED) is 0.910. The number of carbonyl (C=O) groups is 2. The Balaban J connectivity index is 1.67. The average molecular weight is 321 g/mol. The number of hydrogen-bond acceptors (Lipinski definition) is 5. The Morgan fingerprint density at radius 2 is 2.00 bits per heavy atom. The number of carboxylic acids is 1. The molecule has 124 valence electrons. The van der Waals surface area contributed by atoms with Gasteiger partial charge < -0.3 is 19.3 Å². The molecule has 0 bridgehead atoms. The highest BCUT2D eigenvalue weighted by Gasteiger charge is 2.57. The third-order valence-electron chi connectivity index (χ3n) is 3.94. The second kappa shape index (κ2) is 5.82. The van der Waals surface area contributed by atoms with Gasteiger partial charge in [0.15, 0.2) is 11.8 Å². The Morgan fingerprint density at radius 1 is 1.30 bits per heavy atom. The lowest BCUT2D eigenvalue weighted by atomic mass is 10.1. The maximum absolute atomic E-state index is 12.3. The van der Waals surface area contributed by atoms with Crippen molar-refractivity contribution in [1.82, 2.24) is 4.90 Å². The second-order valence-electron chi connectivity index (χ2n) is 6.11. The highest BCUT2D eigenvalue weighted by Crippen LogP contribution is 2.37. The van der Waals surface area contributed by atoms with E-state index in [9.17, 15) is 14.7 Å². The Hall–Kier alpha value is -2.12. The molecule has 7 nitrogen and oxygen atoms in total. The van der Waals surface area contributed by atoms with Gasteiger partial charge in [0.1, 0.15) is 18.8 Å². The number of amides is 1. The number of hydrogen-bond donors (Lipinski definition) is 1. The number of nitrogens with zero attached hydrogens (tertiary/aromatic N) is 1. The van der Waals surface area contributed by atoms with Gasteiger partial charge in [0.2, 0.25) is 0 Å². The molecule has 2 aliphatic rings. The maximum atomic E-state index is 12.3. The summed E-state index contributed by atoms with van der Waals surface area (Å²) in [7, 11) is 0. The molecule has 3 rings (SSSR count). The van der Waals surface area contributed by atoms with Gasteiger partial charge in [0.05, 0.1) is 6.54 Å². The molecule has 0 saturated carbocycles. The topological polar surface area (TPSA) is 85.3 Å². The van der Waals surface area contributed by atoms with E-state index in [1.807, 2.05) is 30.3 Å². The lowest BCUT2D eigenvalue weighted by Gasteiger charge is -2.26. The number of benzene rings is 1. The molecule has 0 aromatic heterocycles. The standard InChI is InChI=1S/C16H19NO6/c1-16(2)22-11-8-17(12(14(18)19)13(11)23-16)15(20)21-9-10-6-4-3-5-7-10/h3-7,11-13H,8-9H2,1-2H3,(H,18,19)/t11-,12-,13-/m1/s1. The molecule has 2 aliphatic heterocycles. The molecule has 2 saturated heterocycles. The first kappa shape index (κ1) is 15.8. The fourth-order valence-electron chi connectivity index (χ4n) is 3.02. The maximum Gasteiger partial charge on any atom is 0.411 e. The first-order chi connectivity index (χ1) is 10.9. The molecule has 7 heteroatoms. The minimum absolute atomic E-state index is 0.0883. The number of carbonyl (C=O) groups excluding carboxylic acids is 1. The van der Waals surface area contributed by atoms with E-state index in [-0.39, 0.29) is 13.2 Å². The van der Waals surface area contributed by atoms with Crippen molar-refractivity contribution in [3.63, 3.8) is 0 Å². The van der Waals surface area contributed by atoms with E-state index in [1.54, 1.807) is 13.8 Å². The molecular formula is C16H19NO6. The van der Waals surface area contributed by atoms with E-state index in [0.29, 0.717) is 0 Å². The first-order valence-electron chi connectivity index (χ1n) is 7.43. The molecule has 1 N–H and O–H groups in total. The highest BCUT2D eigenvalue weighted by atomic mass is 16.8. The summed E-state index contributed by atoms with van der Waals surface area (Å²) < 4.78 is 16.5. The second-order valence-corrected chi connectivity index (χ2v) is 6.11. The molecular weight excluding hydrogens is 302 g/mol. The Kier molecular flexibility index (Phi) is 3.99. The van der Waals surface area contributed by atoms with Crippen LogP contribution in [0.1, 0.15) is 19.4 Å². The fourth-order valence-corrected chi connectivity index (χ4v) is 3.02. The van der Waals surface area contributed by atoms with Crippen molar-refractivity contribution in [2.75, 3.05) is 6.54 Å². The van der Waals surface area contributed by atoms with Crippen LogP contribution in [-0.4, -0.2) is 52.7 Å². The van der Waals surface area contributed by atoms with Crippen LogP contribution in [0.3, 0.4) is 0 Å². The average Bonchev–Trinajstić information content (AvgIpc) is 2.97.